The van der Waals surface area contributed by atoms with Gasteiger partial charge < -0.3 is 5.11 Å². The van der Waals surface area contributed by atoms with E-state index in [0.717, 1.165) is 12.8 Å². The van der Waals surface area contributed by atoms with Crippen LogP contribution >= 0.6 is 0 Å². The first-order valence-corrected chi connectivity index (χ1v) is 5.04. The summed E-state index contributed by atoms with van der Waals surface area (Å²) in [7, 11) is 0. The molecular formula is C11H20O. The van der Waals surface area contributed by atoms with Gasteiger partial charge in [-0.05, 0) is 38.0 Å². The van der Waals surface area contributed by atoms with Crippen molar-refractivity contribution < 1.29 is 5.11 Å². The topological polar surface area (TPSA) is 20.2 Å². The zero-order chi connectivity index (χ0) is 9.03. The highest BCUT2D eigenvalue weighted by Crippen LogP contribution is 2.47. The molecule has 70 valence electrons. The van der Waals surface area contributed by atoms with Crippen LogP contribution in [0.15, 0.2) is 12.2 Å². The Morgan fingerprint density at radius 2 is 2.17 bits per heavy atom. The largest absolute Gasteiger partial charge is 0.392 e. The molecule has 0 amide bonds. The van der Waals surface area contributed by atoms with E-state index in [4.69, 9.17) is 0 Å². The van der Waals surface area contributed by atoms with Gasteiger partial charge in [0.25, 0.3) is 0 Å². The zero-order valence-electron chi connectivity index (χ0n) is 8.21. The van der Waals surface area contributed by atoms with E-state index in [1.807, 2.05) is 13.0 Å². The van der Waals surface area contributed by atoms with Gasteiger partial charge >= 0.3 is 0 Å². The predicted molar refractivity (Wildman–Crippen MR) is 52.0 cm³/mol. The van der Waals surface area contributed by atoms with Crippen LogP contribution in [-0.4, -0.2) is 11.2 Å². The summed E-state index contributed by atoms with van der Waals surface area (Å²) < 4.78 is 0. The molecule has 0 unspecified atom stereocenters. The summed E-state index contributed by atoms with van der Waals surface area (Å²) in [6, 6.07) is 0. The van der Waals surface area contributed by atoms with E-state index >= 15 is 0 Å². The Hall–Kier alpha value is -0.300. The second kappa shape index (κ2) is 4.08. The fourth-order valence-electron chi connectivity index (χ4n) is 2.07. The van der Waals surface area contributed by atoms with Crippen LogP contribution in [0.25, 0.3) is 0 Å². The minimum Gasteiger partial charge on any atom is -0.392 e. The van der Waals surface area contributed by atoms with Crippen LogP contribution in [0.1, 0.15) is 46.0 Å². The van der Waals surface area contributed by atoms with Gasteiger partial charge in [-0.1, -0.05) is 25.5 Å². The van der Waals surface area contributed by atoms with E-state index in [0.29, 0.717) is 0 Å². The maximum atomic E-state index is 9.90. The Kier molecular flexibility index (Phi) is 3.33. The third kappa shape index (κ3) is 1.71. The zero-order valence-corrected chi connectivity index (χ0v) is 8.21. The highest BCUT2D eigenvalue weighted by molar-refractivity contribution is 4.96. The molecule has 0 saturated heterocycles. The Balaban J connectivity index is 2.42. The molecule has 1 nitrogen and oxygen atoms in total. The van der Waals surface area contributed by atoms with E-state index in [-0.39, 0.29) is 11.5 Å². The fraction of sp³-hybridized carbons (Fsp3) is 0.818. The van der Waals surface area contributed by atoms with E-state index in [1.165, 1.54) is 19.3 Å². The monoisotopic (exact) mass is 168 g/mol. The molecular weight excluding hydrogens is 148 g/mol. The maximum absolute atomic E-state index is 9.90. The van der Waals surface area contributed by atoms with Gasteiger partial charge in [0.15, 0.2) is 0 Å². The number of aliphatic hydroxyl groups is 1. The number of allylic oxidation sites excluding steroid dienone is 1. The van der Waals surface area contributed by atoms with Crippen LogP contribution < -0.4 is 0 Å². The molecule has 0 aromatic rings. The number of hydrogen-bond donors (Lipinski definition) is 1. The summed E-state index contributed by atoms with van der Waals surface area (Å²) in [6.45, 7) is 4.20. The molecule has 1 atom stereocenters. The van der Waals surface area contributed by atoms with Gasteiger partial charge in [-0.2, -0.15) is 0 Å². The first kappa shape index (κ1) is 9.79. The van der Waals surface area contributed by atoms with Crippen LogP contribution in [-0.2, 0) is 0 Å². The molecule has 1 saturated carbocycles. The van der Waals surface area contributed by atoms with Gasteiger partial charge in [-0.3, -0.25) is 0 Å². The normalized spacial score (nSPS) is 23.9. The Morgan fingerprint density at radius 1 is 1.50 bits per heavy atom. The Labute approximate surface area is 75.5 Å². The average Bonchev–Trinajstić information content (AvgIpc) is 2.00. The summed E-state index contributed by atoms with van der Waals surface area (Å²) in [5.74, 6) is 0. The average molecular weight is 168 g/mol. The molecule has 0 aliphatic heterocycles. The Morgan fingerprint density at radius 3 is 2.50 bits per heavy atom. The van der Waals surface area contributed by atoms with Crippen LogP contribution in [0, 0.1) is 5.41 Å². The van der Waals surface area contributed by atoms with Gasteiger partial charge in [-0.25, -0.2) is 0 Å². The first-order valence-electron chi connectivity index (χ1n) is 5.04. The second-order valence-corrected chi connectivity index (χ2v) is 3.89. The van der Waals surface area contributed by atoms with Crippen LogP contribution in [0.3, 0.4) is 0 Å². The van der Waals surface area contributed by atoms with Gasteiger partial charge in [0, 0.05) is 0 Å². The van der Waals surface area contributed by atoms with Crippen molar-refractivity contribution in [2.75, 3.05) is 0 Å². The summed E-state index contributed by atoms with van der Waals surface area (Å²) >= 11 is 0. The van der Waals surface area contributed by atoms with Crippen molar-refractivity contribution in [1.82, 2.24) is 0 Å². The summed E-state index contributed by atoms with van der Waals surface area (Å²) in [5.41, 5.74) is 0.277. The molecule has 0 aromatic carbocycles. The van der Waals surface area contributed by atoms with Crippen molar-refractivity contribution >= 4 is 0 Å². The third-order valence-electron chi connectivity index (χ3n) is 3.36. The summed E-state index contributed by atoms with van der Waals surface area (Å²) in [4.78, 5) is 0. The molecule has 1 N–H and O–H groups in total. The Bertz CT molecular complexity index is 151. The number of hydrogen-bond acceptors (Lipinski definition) is 1. The molecule has 0 bridgehead atoms. The second-order valence-electron chi connectivity index (χ2n) is 3.89. The van der Waals surface area contributed by atoms with Gasteiger partial charge in [0.1, 0.15) is 0 Å². The van der Waals surface area contributed by atoms with Crippen molar-refractivity contribution in [1.29, 1.82) is 0 Å². The molecule has 1 heteroatoms. The van der Waals surface area contributed by atoms with E-state index in [9.17, 15) is 5.11 Å². The van der Waals surface area contributed by atoms with Gasteiger partial charge in [0.2, 0.25) is 0 Å². The lowest BCUT2D eigenvalue weighted by Gasteiger charge is -2.45. The third-order valence-corrected chi connectivity index (χ3v) is 3.36. The fourth-order valence-corrected chi connectivity index (χ4v) is 2.07. The standard InChI is InChI=1S/C11H20O/c1-3-5-7-10(12)11(4-2)8-6-9-11/h3,5,10,12H,4,6-9H2,1-2H3/b5-3+/t10-/m0/s1. The van der Waals surface area contributed by atoms with E-state index in [1.54, 1.807) is 0 Å². The number of rotatable bonds is 4. The highest BCUT2D eigenvalue weighted by atomic mass is 16.3. The minimum atomic E-state index is -0.104. The van der Waals surface area contributed by atoms with Crippen LogP contribution in [0.4, 0.5) is 0 Å². The van der Waals surface area contributed by atoms with Crippen molar-refractivity contribution in [3.63, 3.8) is 0 Å². The molecule has 12 heavy (non-hydrogen) atoms. The molecule has 1 aliphatic rings. The predicted octanol–water partition coefficient (Wildman–Crippen LogP) is 2.89. The quantitative estimate of drug-likeness (QED) is 0.640. The molecule has 0 spiro atoms. The lowest BCUT2D eigenvalue weighted by atomic mass is 9.63. The lowest BCUT2D eigenvalue weighted by molar-refractivity contribution is -0.0354. The molecule has 0 aromatic heterocycles. The minimum absolute atomic E-state index is 0.104. The van der Waals surface area contributed by atoms with Gasteiger partial charge in [0.05, 0.1) is 6.10 Å². The van der Waals surface area contributed by atoms with Crippen molar-refractivity contribution in [2.24, 2.45) is 5.41 Å². The lowest BCUT2D eigenvalue weighted by Crippen LogP contribution is -2.40. The van der Waals surface area contributed by atoms with Crippen LogP contribution in [0.2, 0.25) is 0 Å². The van der Waals surface area contributed by atoms with E-state index < -0.39 is 0 Å². The van der Waals surface area contributed by atoms with E-state index in [2.05, 4.69) is 13.0 Å². The molecule has 0 radical (unpaired) electrons. The first-order chi connectivity index (χ1) is 5.75. The number of aliphatic hydroxyl groups excluding tert-OH is 1. The van der Waals surface area contributed by atoms with Crippen LogP contribution in [0.5, 0.6) is 0 Å². The van der Waals surface area contributed by atoms with Gasteiger partial charge in [-0.15, -0.1) is 0 Å². The molecule has 1 rings (SSSR count). The summed E-state index contributed by atoms with van der Waals surface area (Å²) in [6.07, 6.45) is 9.71. The van der Waals surface area contributed by atoms with Crippen molar-refractivity contribution in [3.05, 3.63) is 12.2 Å². The van der Waals surface area contributed by atoms with Crippen molar-refractivity contribution in [2.45, 2.75) is 52.1 Å². The smallest absolute Gasteiger partial charge is 0.0630 e. The molecule has 1 fully saturated rings. The SMILES string of the molecule is C/C=C/C[C@H](O)C1(CC)CCC1. The highest BCUT2D eigenvalue weighted by Gasteiger charge is 2.40. The molecule has 0 heterocycles. The molecule has 1 aliphatic carbocycles. The summed E-state index contributed by atoms with van der Waals surface area (Å²) in [5, 5.41) is 9.90. The van der Waals surface area contributed by atoms with Crippen molar-refractivity contribution in [3.8, 4) is 0 Å². The maximum Gasteiger partial charge on any atom is 0.0630 e.